The van der Waals surface area contributed by atoms with E-state index in [0.29, 0.717) is 28.1 Å². The van der Waals surface area contributed by atoms with E-state index in [0.717, 1.165) is 30.6 Å². The van der Waals surface area contributed by atoms with Gasteiger partial charge in [0.25, 0.3) is 5.56 Å². The third-order valence-electron chi connectivity index (χ3n) is 7.32. The summed E-state index contributed by atoms with van der Waals surface area (Å²) >= 11 is 0. The number of esters is 1. The van der Waals surface area contributed by atoms with E-state index in [9.17, 15) is 14.7 Å². The van der Waals surface area contributed by atoms with Crippen LogP contribution in [0.3, 0.4) is 0 Å². The standard InChI is InChI=1S/C29H31N5O4/c1-6-38-29(37)24-16(2)26(33(5)18(24)4)22-11-8-12-23(27(22)35)30-31-25-17(3)32-34(28(25)36)21-14-13-19-9-7-10-20(19)15-21/h8,11-15,32,35H,6-7,9-10H2,1-5H3. The van der Waals surface area contributed by atoms with E-state index in [-0.39, 0.29) is 29.3 Å². The van der Waals surface area contributed by atoms with Crippen LogP contribution in [0.4, 0.5) is 11.4 Å². The van der Waals surface area contributed by atoms with Crippen LogP contribution < -0.4 is 5.56 Å². The van der Waals surface area contributed by atoms with Gasteiger partial charge in [0.2, 0.25) is 0 Å². The molecule has 1 aliphatic rings. The number of aryl methyl sites for hydroxylation is 3. The number of carbonyl (C=O) groups is 1. The summed E-state index contributed by atoms with van der Waals surface area (Å²) in [6, 6.07) is 11.2. The summed E-state index contributed by atoms with van der Waals surface area (Å²) in [4.78, 5) is 25.8. The Balaban J connectivity index is 1.51. The molecular formula is C29H31N5O4. The van der Waals surface area contributed by atoms with Crippen molar-refractivity contribution in [1.82, 2.24) is 14.3 Å². The lowest BCUT2D eigenvalue weighted by Crippen LogP contribution is -2.14. The topological polar surface area (TPSA) is 114 Å². The molecule has 2 aromatic heterocycles. The van der Waals surface area contributed by atoms with Gasteiger partial charge in [-0.15, -0.1) is 10.2 Å². The Labute approximate surface area is 220 Å². The van der Waals surface area contributed by atoms with Crippen LogP contribution in [0.25, 0.3) is 16.9 Å². The van der Waals surface area contributed by atoms with Gasteiger partial charge in [-0.25, -0.2) is 9.48 Å². The number of benzene rings is 2. The molecule has 0 aliphatic heterocycles. The van der Waals surface area contributed by atoms with Crippen molar-refractivity contribution >= 4 is 17.3 Å². The number of H-pyrrole nitrogens is 1. The largest absolute Gasteiger partial charge is 0.505 e. The number of para-hydroxylation sites is 1. The molecule has 0 unspecified atom stereocenters. The predicted octanol–water partition coefficient (Wildman–Crippen LogP) is 5.88. The first kappa shape index (κ1) is 25.3. The number of ether oxygens (including phenoxy) is 1. The van der Waals surface area contributed by atoms with Gasteiger partial charge in [-0.2, -0.15) is 0 Å². The van der Waals surface area contributed by atoms with Crippen LogP contribution in [-0.2, 0) is 24.6 Å². The van der Waals surface area contributed by atoms with E-state index in [1.54, 1.807) is 32.0 Å². The molecule has 2 aromatic carbocycles. The zero-order valence-electron chi connectivity index (χ0n) is 22.3. The third-order valence-corrected chi connectivity index (χ3v) is 7.32. The summed E-state index contributed by atoms with van der Waals surface area (Å²) < 4.78 is 8.56. The molecule has 9 heteroatoms. The van der Waals surface area contributed by atoms with Crippen LogP contribution in [-0.4, -0.2) is 32.0 Å². The molecule has 0 radical (unpaired) electrons. The number of phenolic OH excluding ortho intramolecular Hbond substituents is 1. The highest BCUT2D eigenvalue weighted by atomic mass is 16.5. The third kappa shape index (κ3) is 4.13. The molecule has 2 N–H and O–H groups in total. The minimum Gasteiger partial charge on any atom is -0.505 e. The summed E-state index contributed by atoms with van der Waals surface area (Å²) in [5.41, 5.74) is 7.09. The van der Waals surface area contributed by atoms with Gasteiger partial charge in [-0.1, -0.05) is 12.1 Å². The van der Waals surface area contributed by atoms with E-state index in [1.165, 1.54) is 15.8 Å². The van der Waals surface area contributed by atoms with Crippen molar-refractivity contribution in [1.29, 1.82) is 0 Å². The second-order valence-electron chi connectivity index (χ2n) is 9.62. The first-order valence-corrected chi connectivity index (χ1v) is 12.7. The van der Waals surface area contributed by atoms with E-state index < -0.39 is 5.97 Å². The van der Waals surface area contributed by atoms with Crippen molar-refractivity contribution in [2.45, 2.75) is 47.0 Å². The molecule has 1 aliphatic carbocycles. The smallest absolute Gasteiger partial charge is 0.340 e. The summed E-state index contributed by atoms with van der Waals surface area (Å²) in [6.45, 7) is 7.47. The second-order valence-corrected chi connectivity index (χ2v) is 9.62. The van der Waals surface area contributed by atoms with Gasteiger partial charge in [-0.05, 0) is 87.9 Å². The Morgan fingerprint density at radius 3 is 2.63 bits per heavy atom. The molecule has 0 bridgehead atoms. The number of carbonyl (C=O) groups excluding carboxylic acids is 1. The van der Waals surface area contributed by atoms with Gasteiger partial charge in [0.05, 0.1) is 29.2 Å². The van der Waals surface area contributed by atoms with E-state index in [2.05, 4.69) is 21.4 Å². The van der Waals surface area contributed by atoms with Crippen molar-refractivity contribution in [3.63, 3.8) is 0 Å². The Kier molecular flexibility index (Phi) is 6.52. The van der Waals surface area contributed by atoms with Gasteiger partial charge in [0, 0.05) is 18.3 Å². The number of hydrogen-bond donors (Lipinski definition) is 2. The summed E-state index contributed by atoms with van der Waals surface area (Å²) in [7, 11) is 1.83. The van der Waals surface area contributed by atoms with Crippen molar-refractivity contribution < 1.29 is 14.6 Å². The zero-order valence-corrected chi connectivity index (χ0v) is 22.3. The van der Waals surface area contributed by atoms with E-state index in [4.69, 9.17) is 4.74 Å². The van der Waals surface area contributed by atoms with Crippen LogP contribution in [0.5, 0.6) is 5.75 Å². The van der Waals surface area contributed by atoms with E-state index in [1.807, 2.05) is 37.6 Å². The van der Waals surface area contributed by atoms with Gasteiger partial charge >= 0.3 is 5.97 Å². The molecule has 0 amide bonds. The lowest BCUT2D eigenvalue weighted by atomic mass is 10.0. The summed E-state index contributed by atoms with van der Waals surface area (Å²) in [5, 5.41) is 22.7. The lowest BCUT2D eigenvalue weighted by molar-refractivity contribution is 0.0524. The molecule has 0 spiro atoms. The van der Waals surface area contributed by atoms with Gasteiger partial charge in [0.15, 0.2) is 11.4 Å². The van der Waals surface area contributed by atoms with Crippen LogP contribution >= 0.6 is 0 Å². The Bertz CT molecular complexity index is 1650. The highest BCUT2D eigenvalue weighted by molar-refractivity contribution is 5.96. The minimum atomic E-state index is -0.401. The quantitative estimate of drug-likeness (QED) is 0.247. The first-order valence-electron chi connectivity index (χ1n) is 12.7. The Morgan fingerprint density at radius 1 is 1.11 bits per heavy atom. The molecule has 2 heterocycles. The second kappa shape index (κ2) is 9.81. The molecule has 0 saturated heterocycles. The zero-order chi connectivity index (χ0) is 27.1. The predicted molar refractivity (Wildman–Crippen MR) is 145 cm³/mol. The molecule has 0 saturated carbocycles. The average Bonchev–Trinajstić information content (AvgIpc) is 3.53. The fraction of sp³-hybridized carbons (Fsp3) is 0.310. The maximum atomic E-state index is 13.2. The van der Waals surface area contributed by atoms with Crippen LogP contribution in [0.1, 0.15) is 51.8 Å². The fourth-order valence-corrected chi connectivity index (χ4v) is 5.31. The SMILES string of the molecule is CCOC(=O)c1c(C)c(-c2cccc(N=Nc3c(C)[nH]n(-c4ccc5c(c4)CCC5)c3=O)c2O)n(C)c1C. The number of nitrogens with zero attached hydrogens (tertiary/aromatic N) is 4. The summed E-state index contributed by atoms with van der Waals surface area (Å²) in [5.74, 6) is -0.496. The van der Waals surface area contributed by atoms with Crippen LogP contribution in [0.15, 0.2) is 51.4 Å². The normalized spacial score (nSPS) is 12.9. The Hall–Kier alpha value is -4.40. The average molecular weight is 514 g/mol. The number of nitrogens with one attached hydrogen (secondary N) is 1. The monoisotopic (exact) mass is 513 g/mol. The fourth-order valence-electron chi connectivity index (χ4n) is 5.31. The highest BCUT2D eigenvalue weighted by Gasteiger charge is 2.25. The van der Waals surface area contributed by atoms with Crippen molar-refractivity contribution in [2.75, 3.05) is 6.61 Å². The van der Waals surface area contributed by atoms with Gasteiger partial charge in [0.1, 0.15) is 5.69 Å². The molecule has 4 aromatic rings. The lowest BCUT2D eigenvalue weighted by Gasteiger charge is -2.10. The number of azo groups is 1. The number of hydrogen-bond acceptors (Lipinski definition) is 6. The van der Waals surface area contributed by atoms with Crippen molar-refractivity contribution in [2.24, 2.45) is 17.3 Å². The Morgan fingerprint density at radius 2 is 1.87 bits per heavy atom. The molecule has 9 nitrogen and oxygen atoms in total. The molecule has 196 valence electrons. The number of fused-ring (bicyclic) bond motifs is 1. The number of phenols is 1. The van der Waals surface area contributed by atoms with Crippen molar-refractivity contribution in [3.05, 3.63) is 80.4 Å². The molecule has 0 fully saturated rings. The maximum absolute atomic E-state index is 13.2. The summed E-state index contributed by atoms with van der Waals surface area (Å²) in [6.07, 6.45) is 3.22. The number of aromatic amines is 1. The molecule has 0 atom stereocenters. The molecule has 38 heavy (non-hydrogen) atoms. The number of aromatic hydroxyl groups is 1. The highest BCUT2D eigenvalue weighted by Crippen LogP contribution is 2.41. The number of rotatable bonds is 6. The number of aromatic nitrogens is 3. The van der Waals surface area contributed by atoms with Gasteiger partial charge in [-0.3, -0.25) is 9.89 Å². The maximum Gasteiger partial charge on any atom is 0.340 e. The first-order chi connectivity index (χ1) is 18.2. The van der Waals surface area contributed by atoms with Gasteiger partial charge < -0.3 is 14.4 Å². The van der Waals surface area contributed by atoms with Crippen molar-refractivity contribution in [3.8, 4) is 22.7 Å². The molecular weight excluding hydrogens is 482 g/mol. The molecule has 5 rings (SSSR count). The van der Waals surface area contributed by atoms with E-state index >= 15 is 0 Å². The van der Waals surface area contributed by atoms with Crippen LogP contribution in [0.2, 0.25) is 0 Å². The van der Waals surface area contributed by atoms with Crippen LogP contribution in [0, 0.1) is 20.8 Å². The minimum absolute atomic E-state index is 0.0949.